The molecule has 0 unspecified atom stereocenters. The van der Waals surface area contributed by atoms with E-state index in [-0.39, 0.29) is 18.2 Å². The Bertz CT molecular complexity index is 748. The lowest BCUT2D eigenvalue weighted by molar-refractivity contribution is -0.120. The van der Waals surface area contributed by atoms with Crippen LogP contribution in [0.5, 0.6) is 0 Å². The van der Waals surface area contributed by atoms with Gasteiger partial charge in [-0.2, -0.15) is 0 Å². The Labute approximate surface area is 151 Å². The molecule has 0 saturated heterocycles. The maximum atomic E-state index is 12.0. The van der Waals surface area contributed by atoms with Crippen molar-refractivity contribution in [3.63, 3.8) is 0 Å². The third kappa shape index (κ3) is 5.55. The predicted octanol–water partition coefficient (Wildman–Crippen LogP) is 3.39. The molecular formula is C18H18Cl2N2O2. The van der Waals surface area contributed by atoms with Gasteiger partial charge in [0, 0.05) is 18.7 Å². The number of rotatable bonds is 6. The molecule has 2 N–H and O–H groups in total. The predicted molar refractivity (Wildman–Crippen MR) is 96.7 cm³/mol. The van der Waals surface area contributed by atoms with Gasteiger partial charge >= 0.3 is 0 Å². The number of amides is 2. The molecule has 4 nitrogen and oxygen atoms in total. The number of halogens is 2. The second-order valence-electron chi connectivity index (χ2n) is 5.40. The Morgan fingerprint density at radius 3 is 2.42 bits per heavy atom. The van der Waals surface area contributed by atoms with Crippen molar-refractivity contribution in [1.29, 1.82) is 0 Å². The zero-order valence-corrected chi connectivity index (χ0v) is 14.7. The average molecular weight is 365 g/mol. The zero-order valence-electron chi connectivity index (χ0n) is 13.2. The highest BCUT2D eigenvalue weighted by Crippen LogP contribution is 2.22. The van der Waals surface area contributed by atoms with E-state index in [2.05, 4.69) is 10.6 Å². The Hall–Kier alpha value is -2.04. The summed E-state index contributed by atoms with van der Waals surface area (Å²) in [5.74, 6) is -0.296. The Morgan fingerprint density at radius 2 is 1.71 bits per heavy atom. The van der Waals surface area contributed by atoms with E-state index in [9.17, 15) is 9.59 Å². The Kier molecular flexibility index (Phi) is 6.64. The maximum Gasteiger partial charge on any atom is 0.251 e. The number of carbonyl (C=O) groups excluding carboxylic acids is 2. The maximum absolute atomic E-state index is 12.0. The lowest BCUT2D eigenvalue weighted by atomic mass is 10.1. The van der Waals surface area contributed by atoms with Crippen molar-refractivity contribution in [2.45, 2.75) is 13.3 Å². The minimum Gasteiger partial charge on any atom is -0.354 e. The minimum atomic E-state index is -0.155. The molecule has 6 heteroatoms. The fourth-order valence-electron chi connectivity index (χ4n) is 2.16. The first-order chi connectivity index (χ1) is 11.5. The fraction of sp³-hybridized carbons (Fsp3) is 0.222. The Morgan fingerprint density at radius 1 is 0.958 bits per heavy atom. The zero-order chi connectivity index (χ0) is 17.5. The van der Waals surface area contributed by atoms with E-state index in [1.54, 1.807) is 24.3 Å². The molecule has 0 fully saturated rings. The number of nitrogens with one attached hydrogen (secondary N) is 2. The highest BCUT2D eigenvalue weighted by Gasteiger charge is 2.07. The summed E-state index contributed by atoms with van der Waals surface area (Å²) in [5.41, 5.74) is 2.42. The molecule has 24 heavy (non-hydrogen) atoms. The van der Waals surface area contributed by atoms with Gasteiger partial charge in [0.1, 0.15) is 0 Å². The molecule has 0 heterocycles. The van der Waals surface area contributed by atoms with Crippen LogP contribution >= 0.6 is 23.2 Å². The standard InChI is InChI=1S/C18H18Cl2N2O2/c1-12-3-2-4-14(9-12)18(24)22-8-7-21-17(23)11-13-5-6-15(19)16(20)10-13/h2-6,9-10H,7-8,11H2,1H3,(H,21,23)(H,22,24). The lowest BCUT2D eigenvalue weighted by Gasteiger charge is -2.08. The number of hydrogen-bond donors (Lipinski definition) is 2. The number of carbonyl (C=O) groups is 2. The average Bonchev–Trinajstić information content (AvgIpc) is 2.55. The first kappa shape index (κ1) is 18.3. The van der Waals surface area contributed by atoms with Crippen molar-refractivity contribution in [3.05, 3.63) is 69.2 Å². The lowest BCUT2D eigenvalue weighted by Crippen LogP contribution is -2.35. The summed E-state index contributed by atoms with van der Waals surface area (Å²) in [7, 11) is 0. The van der Waals surface area contributed by atoms with Crippen LogP contribution in [0, 0.1) is 6.92 Å². The summed E-state index contributed by atoms with van der Waals surface area (Å²) in [5, 5.41) is 6.41. The molecule has 0 aliphatic rings. The Balaban J connectivity index is 1.72. The van der Waals surface area contributed by atoms with Crippen molar-refractivity contribution in [3.8, 4) is 0 Å². The van der Waals surface area contributed by atoms with E-state index < -0.39 is 0 Å². The monoisotopic (exact) mass is 364 g/mol. The van der Waals surface area contributed by atoms with Gasteiger partial charge in [0.25, 0.3) is 5.91 Å². The topological polar surface area (TPSA) is 58.2 Å². The van der Waals surface area contributed by atoms with E-state index in [0.717, 1.165) is 11.1 Å². The molecule has 2 aromatic carbocycles. The van der Waals surface area contributed by atoms with Crippen molar-refractivity contribution in [2.24, 2.45) is 0 Å². The van der Waals surface area contributed by atoms with Gasteiger partial charge in [-0.05, 0) is 36.8 Å². The van der Waals surface area contributed by atoms with Crippen LogP contribution in [0.1, 0.15) is 21.5 Å². The third-order valence-electron chi connectivity index (χ3n) is 3.36. The molecule has 0 aromatic heterocycles. The van der Waals surface area contributed by atoms with Gasteiger partial charge in [-0.25, -0.2) is 0 Å². The normalized spacial score (nSPS) is 10.3. The second kappa shape index (κ2) is 8.71. The second-order valence-corrected chi connectivity index (χ2v) is 6.21. The van der Waals surface area contributed by atoms with Crippen LogP contribution in [0.3, 0.4) is 0 Å². The van der Waals surface area contributed by atoms with Crippen LogP contribution in [0.4, 0.5) is 0 Å². The molecular weight excluding hydrogens is 347 g/mol. The quantitative estimate of drug-likeness (QED) is 0.771. The van der Waals surface area contributed by atoms with Gasteiger partial charge in [-0.1, -0.05) is 47.0 Å². The van der Waals surface area contributed by atoms with E-state index in [1.807, 2.05) is 25.1 Å². The molecule has 2 aromatic rings. The van der Waals surface area contributed by atoms with E-state index in [0.29, 0.717) is 28.7 Å². The third-order valence-corrected chi connectivity index (χ3v) is 4.10. The van der Waals surface area contributed by atoms with Crippen LogP contribution in [0.2, 0.25) is 10.0 Å². The summed E-state index contributed by atoms with van der Waals surface area (Å²) in [4.78, 5) is 23.8. The SMILES string of the molecule is Cc1cccc(C(=O)NCCNC(=O)Cc2ccc(Cl)c(Cl)c2)c1. The highest BCUT2D eigenvalue weighted by molar-refractivity contribution is 6.42. The van der Waals surface area contributed by atoms with E-state index in [1.165, 1.54) is 0 Å². The summed E-state index contributed by atoms with van der Waals surface area (Å²) in [6, 6.07) is 12.4. The molecule has 0 atom stereocenters. The van der Waals surface area contributed by atoms with Crippen molar-refractivity contribution in [1.82, 2.24) is 10.6 Å². The largest absolute Gasteiger partial charge is 0.354 e. The summed E-state index contributed by atoms with van der Waals surface area (Å²) >= 11 is 11.8. The first-order valence-corrected chi connectivity index (χ1v) is 8.27. The number of aryl methyl sites for hydroxylation is 1. The van der Waals surface area contributed by atoms with Crippen LogP contribution in [-0.4, -0.2) is 24.9 Å². The van der Waals surface area contributed by atoms with Crippen molar-refractivity contribution in [2.75, 3.05) is 13.1 Å². The van der Waals surface area contributed by atoms with Gasteiger partial charge < -0.3 is 10.6 Å². The molecule has 2 rings (SSSR count). The molecule has 0 spiro atoms. The molecule has 0 radical (unpaired) electrons. The molecule has 2 amide bonds. The van der Waals surface area contributed by atoms with Gasteiger partial charge in [0.2, 0.25) is 5.91 Å². The van der Waals surface area contributed by atoms with Crippen LogP contribution in [0.25, 0.3) is 0 Å². The van der Waals surface area contributed by atoms with Crippen molar-refractivity contribution >= 4 is 35.0 Å². The van der Waals surface area contributed by atoms with Gasteiger partial charge in [-0.3, -0.25) is 9.59 Å². The van der Waals surface area contributed by atoms with Crippen LogP contribution in [0.15, 0.2) is 42.5 Å². The van der Waals surface area contributed by atoms with E-state index >= 15 is 0 Å². The minimum absolute atomic E-state index is 0.141. The first-order valence-electron chi connectivity index (χ1n) is 7.51. The number of benzene rings is 2. The van der Waals surface area contributed by atoms with Gasteiger partial charge in [0.15, 0.2) is 0 Å². The highest BCUT2D eigenvalue weighted by atomic mass is 35.5. The summed E-state index contributed by atoms with van der Waals surface area (Å²) < 4.78 is 0. The van der Waals surface area contributed by atoms with Gasteiger partial charge in [0.05, 0.1) is 16.5 Å². The molecule has 126 valence electrons. The van der Waals surface area contributed by atoms with Crippen LogP contribution < -0.4 is 10.6 Å². The fourth-order valence-corrected chi connectivity index (χ4v) is 2.48. The summed E-state index contributed by atoms with van der Waals surface area (Å²) in [6.07, 6.45) is 0.211. The molecule has 0 aliphatic heterocycles. The number of hydrogen-bond acceptors (Lipinski definition) is 2. The molecule has 0 bridgehead atoms. The van der Waals surface area contributed by atoms with Gasteiger partial charge in [-0.15, -0.1) is 0 Å². The summed E-state index contributed by atoms with van der Waals surface area (Å²) in [6.45, 7) is 2.65. The van der Waals surface area contributed by atoms with Crippen LogP contribution in [-0.2, 0) is 11.2 Å². The molecule has 0 aliphatic carbocycles. The molecule has 0 saturated carbocycles. The smallest absolute Gasteiger partial charge is 0.251 e. The van der Waals surface area contributed by atoms with Crippen molar-refractivity contribution < 1.29 is 9.59 Å². The van der Waals surface area contributed by atoms with E-state index in [4.69, 9.17) is 23.2 Å².